The average Bonchev–Trinajstić information content (AvgIpc) is 2.44. The number of rotatable bonds is 7. The molecule has 0 fully saturated rings. The van der Waals surface area contributed by atoms with Crippen molar-refractivity contribution in [3.63, 3.8) is 0 Å². The number of halogens is 1. The van der Waals surface area contributed by atoms with Crippen molar-refractivity contribution in [2.45, 2.75) is 39.7 Å². The van der Waals surface area contributed by atoms with Crippen molar-refractivity contribution in [2.75, 3.05) is 11.9 Å². The zero-order chi connectivity index (χ0) is 16.0. The van der Waals surface area contributed by atoms with Crippen molar-refractivity contribution >= 4 is 28.9 Å². The van der Waals surface area contributed by atoms with Gasteiger partial charge in [0.15, 0.2) is 0 Å². The van der Waals surface area contributed by atoms with E-state index in [0.29, 0.717) is 6.54 Å². The predicted octanol–water partition coefficient (Wildman–Crippen LogP) is 3.60. The lowest BCUT2D eigenvalue weighted by molar-refractivity contribution is -0.384. The fraction of sp³-hybridized carbons (Fsp3) is 0.500. The average molecular weight is 314 g/mol. The summed E-state index contributed by atoms with van der Waals surface area (Å²) in [6, 6.07) is 2.69. The largest absolute Gasteiger partial charge is 0.378 e. The molecule has 0 spiro atoms. The minimum Gasteiger partial charge on any atom is -0.378 e. The third kappa shape index (κ3) is 4.60. The van der Waals surface area contributed by atoms with Crippen LogP contribution in [-0.4, -0.2) is 23.4 Å². The quantitative estimate of drug-likeness (QED) is 0.595. The van der Waals surface area contributed by atoms with Crippen LogP contribution in [0.2, 0.25) is 5.02 Å². The number of anilines is 1. The Morgan fingerprint density at radius 1 is 1.43 bits per heavy atom. The smallest absolute Gasteiger partial charge is 0.294 e. The van der Waals surface area contributed by atoms with Crippen molar-refractivity contribution in [3.8, 4) is 0 Å². The summed E-state index contributed by atoms with van der Waals surface area (Å²) in [7, 11) is 0. The second-order valence-electron chi connectivity index (χ2n) is 4.82. The van der Waals surface area contributed by atoms with Gasteiger partial charge >= 0.3 is 0 Å². The topological polar surface area (TPSA) is 84.3 Å². The molecule has 0 radical (unpaired) electrons. The molecule has 21 heavy (non-hydrogen) atoms. The number of nitrogens with zero attached hydrogens (tertiary/aromatic N) is 1. The van der Waals surface area contributed by atoms with Crippen LogP contribution < -0.4 is 10.6 Å². The van der Waals surface area contributed by atoms with E-state index in [4.69, 9.17) is 11.6 Å². The van der Waals surface area contributed by atoms with Gasteiger partial charge in [-0.15, -0.1) is 0 Å². The van der Waals surface area contributed by atoms with Gasteiger partial charge in [-0.25, -0.2) is 0 Å². The Hall–Kier alpha value is -1.82. The monoisotopic (exact) mass is 313 g/mol. The Labute approximate surface area is 129 Å². The van der Waals surface area contributed by atoms with E-state index >= 15 is 0 Å². The number of nitrogens with one attached hydrogen (secondary N) is 2. The summed E-state index contributed by atoms with van der Waals surface area (Å²) in [4.78, 5) is 22.7. The van der Waals surface area contributed by atoms with Crippen LogP contribution in [-0.2, 0) is 0 Å². The fourth-order valence-corrected chi connectivity index (χ4v) is 1.98. The zero-order valence-corrected chi connectivity index (χ0v) is 13.2. The molecule has 0 aliphatic heterocycles. The molecule has 0 saturated carbocycles. The number of hydrogen-bond acceptors (Lipinski definition) is 4. The maximum atomic E-state index is 12.1. The number of nitro benzene ring substituents is 1. The van der Waals surface area contributed by atoms with Gasteiger partial charge in [0.25, 0.3) is 11.6 Å². The summed E-state index contributed by atoms with van der Waals surface area (Å²) in [5.74, 6) is -0.364. The highest BCUT2D eigenvalue weighted by Gasteiger charge is 2.21. The minimum absolute atomic E-state index is 0.00627. The summed E-state index contributed by atoms with van der Waals surface area (Å²) in [5.41, 5.74) is 0.253. The minimum atomic E-state index is -0.538. The fourth-order valence-electron chi connectivity index (χ4n) is 1.70. The lowest BCUT2D eigenvalue weighted by Gasteiger charge is -2.13. The van der Waals surface area contributed by atoms with Crippen molar-refractivity contribution in [1.29, 1.82) is 0 Å². The second kappa shape index (κ2) is 7.83. The van der Waals surface area contributed by atoms with Gasteiger partial charge < -0.3 is 10.6 Å². The van der Waals surface area contributed by atoms with E-state index in [0.717, 1.165) is 12.8 Å². The molecular weight excluding hydrogens is 294 g/mol. The van der Waals surface area contributed by atoms with Gasteiger partial charge in [0.05, 0.1) is 9.95 Å². The molecule has 7 heteroatoms. The van der Waals surface area contributed by atoms with E-state index in [2.05, 4.69) is 10.6 Å². The Bertz CT molecular complexity index is 534. The van der Waals surface area contributed by atoms with Gasteiger partial charge in [0, 0.05) is 24.2 Å². The molecular formula is C14H20ClN3O3. The summed E-state index contributed by atoms with van der Waals surface area (Å²) in [6.07, 6.45) is 1.58. The van der Waals surface area contributed by atoms with Crippen molar-refractivity contribution < 1.29 is 9.72 Å². The summed E-state index contributed by atoms with van der Waals surface area (Å²) >= 11 is 6.08. The SMILES string of the molecule is CCCNc1c(Cl)cc(C(=O)NC(C)CC)cc1[N+](=O)[O-]. The van der Waals surface area contributed by atoms with Crippen LogP contribution in [0.4, 0.5) is 11.4 Å². The predicted molar refractivity (Wildman–Crippen MR) is 84.1 cm³/mol. The van der Waals surface area contributed by atoms with Gasteiger partial charge in [0.2, 0.25) is 0 Å². The molecule has 1 aromatic carbocycles. The Balaban J connectivity index is 3.14. The van der Waals surface area contributed by atoms with E-state index in [1.807, 2.05) is 20.8 Å². The van der Waals surface area contributed by atoms with Gasteiger partial charge in [-0.3, -0.25) is 14.9 Å². The second-order valence-corrected chi connectivity index (χ2v) is 5.23. The van der Waals surface area contributed by atoms with E-state index in [1.54, 1.807) is 0 Å². The van der Waals surface area contributed by atoms with E-state index < -0.39 is 4.92 Å². The first kappa shape index (κ1) is 17.2. The summed E-state index contributed by atoms with van der Waals surface area (Å²) in [5, 5.41) is 17.0. The maximum absolute atomic E-state index is 12.1. The number of carbonyl (C=O) groups excluding carboxylic acids is 1. The van der Waals surface area contributed by atoms with Crippen molar-refractivity contribution in [3.05, 3.63) is 32.8 Å². The van der Waals surface area contributed by atoms with E-state index in [9.17, 15) is 14.9 Å². The molecule has 2 N–H and O–H groups in total. The molecule has 0 aromatic heterocycles. The Kier molecular flexibility index (Phi) is 6.42. The third-order valence-corrected chi connectivity index (χ3v) is 3.37. The standard InChI is InChI=1S/C14H20ClN3O3/c1-4-6-16-13-11(15)7-10(8-12(13)18(20)21)14(19)17-9(3)5-2/h7-9,16H,4-6H2,1-3H3,(H,17,19). The molecule has 1 amide bonds. The molecule has 0 heterocycles. The number of benzene rings is 1. The molecule has 116 valence electrons. The molecule has 0 aliphatic carbocycles. The van der Waals surface area contributed by atoms with Crippen LogP contribution in [0, 0.1) is 10.1 Å². The van der Waals surface area contributed by atoms with Crippen LogP contribution in [0.1, 0.15) is 44.0 Å². The molecule has 0 aliphatic rings. The highest BCUT2D eigenvalue weighted by molar-refractivity contribution is 6.34. The van der Waals surface area contributed by atoms with Crippen molar-refractivity contribution in [2.24, 2.45) is 0 Å². The Morgan fingerprint density at radius 3 is 2.62 bits per heavy atom. The molecule has 0 saturated heterocycles. The number of nitro groups is 1. The molecule has 1 aromatic rings. The first-order chi connectivity index (χ1) is 9.90. The number of hydrogen-bond donors (Lipinski definition) is 2. The first-order valence-electron chi connectivity index (χ1n) is 6.93. The summed E-state index contributed by atoms with van der Waals surface area (Å²) < 4.78 is 0. The van der Waals surface area contributed by atoms with E-state index in [1.165, 1.54) is 12.1 Å². The van der Waals surface area contributed by atoms with Crippen LogP contribution >= 0.6 is 11.6 Å². The van der Waals surface area contributed by atoms with Crippen LogP contribution in [0.5, 0.6) is 0 Å². The highest BCUT2D eigenvalue weighted by Crippen LogP contribution is 2.33. The van der Waals surface area contributed by atoms with Gasteiger partial charge in [-0.05, 0) is 25.8 Å². The lowest BCUT2D eigenvalue weighted by Crippen LogP contribution is -2.32. The first-order valence-corrected chi connectivity index (χ1v) is 7.31. The van der Waals surface area contributed by atoms with Gasteiger partial charge in [-0.2, -0.15) is 0 Å². The van der Waals surface area contributed by atoms with Crippen LogP contribution in [0.3, 0.4) is 0 Å². The van der Waals surface area contributed by atoms with Gasteiger partial charge in [0.1, 0.15) is 5.69 Å². The molecule has 1 atom stereocenters. The Morgan fingerprint density at radius 2 is 2.10 bits per heavy atom. The normalized spacial score (nSPS) is 11.8. The van der Waals surface area contributed by atoms with E-state index in [-0.39, 0.29) is 33.9 Å². The molecule has 1 rings (SSSR count). The molecule has 1 unspecified atom stereocenters. The zero-order valence-electron chi connectivity index (χ0n) is 12.4. The molecule has 6 nitrogen and oxygen atoms in total. The third-order valence-electron chi connectivity index (χ3n) is 3.07. The maximum Gasteiger partial charge on any atom is 0.294 e. The van der Waals surface area contributed by atoms with Crippen molar-refractivity contribution in [1.82, 2.24) is 5.32 Å². The summed E-state index contributed by atoms with van der Waals surface area (Å²) in [6.45, 7) is 6.32. The number of carbonyl (C=O) groups is 1. The van der Waals surface area contributed by atoms with Gasteiger partial charge in [-0.1, -0.05) is 25.4 Å². The van der Waals surface area contributed by atoms with Crippen LogP contribution in [0.25, 0.3) is 0 Å². The van der Waals surface area contributed by atoms with Crippen LogP contribution in [0.15, 0.2) is 12.1 Å². The lowest BCUT2D eigenvalue weighted by atomic mass is 10.1. The highest BCUT2D eigenvalue weighted by atomic mass is 35.5. The molecule has 0 bridgehead atoms. The number of amides is 1.